The van der Waals surface area contributed by atoms with Crippen molar-refractivity contribution in [3.05, 3.63) is 130 Å². The van der Waals surface area contributed by atoms with Gasteiger partial charge in [-0.2, -0.15) is 0 Å². The van der Waals surface area contributed by atoms with E-state index in [9.17, 15) is 0 Å². The minimum atomic E-state index is -3.97. The number of hydrogen-bond donors (Lipinski definition) is 0. The van der Waals surface area contributed by atoms with Crippen LogP contribution in [0.2, 0.25) is 9.36 Å². The Kier molecular flexibility index (Phi) is 8.00. The molecule has 1 heteroatoms. The monoisotopic (exact) mass is 758 g/mol. The Balaban J connectivity index is 1.36. The second-order valence-corrected chi connectivity index (χ2v) is 41.4. The quantitative estimate of drug-likeness (QED) is 0.172. The third-order valence-corrected chi connectivity index (χ3v) is 39.3. The Morgan fingerprint density at radius 1 is 0.533 bits per heavy atom. The van der Waals surface area contributed by atoms with Gasteiger partial charge in [0.25, 0.3) is 0 Å². The van der Waals surface area contributed by atoms with Gasteiger partial charge in [0.15, 0.2) is 0 Å². The normalized spacial score (nSPS) is 19.4. The molecular weight excluding hydrogens is 707 g/mol. The van der Waals surface area contributed by atoms with Crippen molar-refractivity contribution in [1.29, 1.82) is 0 Å². The molecule has 0 N–H and O–H groups in total. The zero-order valence-corrected chi connectivity index (χ0v) is 31.8. The first kappa shape index (κ1) is 30.7. The summed E-state index contributed by atoms with van der Waals surface area (Å²) < 4.78 is 8.71. The molecule has 7 rings (SSSR count). The molecule has 2 unspecified atom stereocenters. The van der Waals surface area contributed by atoms with Gasteiger partial charge in [-0.25, -0.2) is 0 Å². The van der Waals surface area contributed by atoms with Crippen LogP contribution in [0.4, 0.5) is 0 Å². The van der Waals surface area contributed by atoms with E-state index in [1.165, 1.54) is 76.6 Å². The van der Waals surface area contributed by atoms with Gasteiger partial charge in [-0.3, -0.25) is 0 Å². The molecule has 0 aromatic heterocycles. The van der Waals surface area contributed by atoms with Crippen LogP contribution in [0.5, 0.6) is 0 Å². The number of fused-ring (bicyclic) bond motifs is 2. The molecule has 0 saturated heterocycles. The molecular formula is C44H50Hf. The molecule has 3 aliphatic carbocycles. The molecule has 4 aromatic carbocycles. The van der Waals surface area contributed by atoms with E-state index in [-0.39, 0.29) is 0 Å². The molecule has 45 heavy (non-hydrogen) atoms. The van der Waals surface area contributed by atoms with Crippen LogP contribution in [0.25, 0.3) is 34.4 Å². The van der Waals surface area contributed by atoms with Crippen LogP contribution in [0.3, 0.4) is 0 Å². The molecule has 1 fully saturated rings. The van der Waals surface area contributed by atoms with Crippen LogP contribution in [0.15, 0.2) is 97.1 Å². The van der Waals surface area contributed by atoms with E-state index < -0.39 is 18.0 Å². The van der Waals surface area contributed by atoms with Crippen LogP contribution < -0.4 is 0 Å². The Hall–Kier alpha value is -2.90. The fourth-order valence-electron chi connectivity index (χ4n) is 9.22. The van der Waals surface area contributed by atoms with Gasteiger partial charge in [-0.1, -0.05) is 0 Å². The molecule has 230 valence electrons. The molecule has 0 bridgehead atoms. The predicted molar refractivity (Wildman–Crippen MR) is 195 cm³/mol. The summed E-state index contributed by atoms with van der Waals surface area (Å²) in [6.07, 6.45) is 17.1. The van der Waals surface area contributed by atoms with Crippen LogP contribution in [-0.4, -0.2) is 3.26 Å². The zero-order chi connectivity index (χ0) is 31.4. The van der Waals surface area contributed by atoms with E-state index >= 15 is 0 Å². The molecule has 0 aliphatic heterocycles. The fraction of sp³-hybridized carbons (Fsp3) is 0.341. The molecule has 0 nitrogen and oxygen atoms in total. The van der Waals surface area contributed by atoms with E-state index in [2.05, 4.69) is 146 Å². The Bertz CT molecular complexity index is 1740. The summed E-state index contributed by atoms with van der Waals surface area (Å²) in [5, 5.41) is 0. The summed E-state index contributed by atoms with van der Waals surface area (Å²) in [4.78, 5) is 0. The minimum absolute atomic E-state index is 0.523. The van der Waals surface area contributed by atoms with Crippen LogP contribution in [-0.2, 0) is 18.0 Å². The van der Waals surface area contributed by atoms with Crippen molar-refractivity contribution in [2.24, 2.45) is 0 Å². The predicted octanol–water partition coefficient (Wildman–Crippen LogP) is 13.0. The summed E-state index contributed by atoms with van der Waals surface area (Å²) in [5.41, 5.74) is 14.4. The Morgan fingerprint density at radius 2 is 0.956 bits per heavy atom. The van der Waals surface area contributed by atoms with Crippen molar-refractivity contribution in [3.63, 3.8) is 0 Å². The van der Waals surface area contributed by atoms with Crippen LogP contribution in [0, 0.1) is 0 Å². The van der Waals surface area contributed by atoms with Crippen LogP contribution >= 0.6 is 0 Å². The molecule has 3 aliphatic rings. The maximum absolute atomic E-state index is 3.97. The number of benzene rings is 4. The Morgan fingerprint density at radius 3 is 1.36 bits per heavy atom. The molecule has 0 radical (unpaired) electrons. The number of allylic oxidation sites excluding steroid dienone is 2. The van der Waals surface area contributed by atoms with Gasteiger partial charge in [-0.15, -0.1) is 0 Å². The maximum atomic E-state index is 2.85. The molecule has 4 aromatic rings. The molecule has 1 saturated carbocycles. The van der Waals surface area contributed by atoms with Crippen molar-refractivity contribution in [2.75, 3.05) is 0 Å². The van der Waals surface area contributed by atoms with Gasteiger partial charge < -0.3 is 0 Å². The van der Waals surface area contributed by atoms with E-state index in [4.69, 9.17) is 0 Å². The topological polar surface area (TPSA) is 0 Å². The van der Waals surface area contributed by atoms with Crippen molar-refractivity contribution in [2.45, 2.75) is 88.3 Å². The van der Waals surface area contributed by atoms with Gasteiger partial charge in [0.05, 0.1) is 0 Å². The van der Waals surface area contributed by atoms with Crippen molar-refractivity contribution >= 4 is 15.4 Å². The van der Waals surface area contributed by atoms with E-state index in [0.717, 1.165) is 0 Å². The van der Waals surface area contributed by atoms with E-state index in [1.54, 1.807) is 11.1 Å². The second-order valence-electron chi connectivity index (χ2n) is 15.6. The SMILES string of the molecule is CC(C)c1ccc(-c2cccc3c2C=C[CH]3[Hf]([CH3])([CH3])(=[C]2CCCCC2)[CH]2C=Cc3c(-c4ccc(C(C)C)cc4)cccc32)cc1. The van der Waals surface area contributed by atoms with Gasteiger partial charge >= 0.3 is 274 Å². The summed E-state index contributed by atoms with van der Waals surface area (Å²) >= 11 is -3.97. The van der Waals surface area contributed by atoms with E-state index in [1.807, 2.05) is 3.26 Å². The average Bonchev–Trinajstić information content (AvgIpc) is 3.72. The molecule has 0 spiro atoms. The summed E-state index contributed by atoms with van der Waals surface area (Å²) in [6, 6.07) is 33.0. The van der Waals surface area contributed by atoms with Crippen molar-refractivity contribution in [3.8, 4) is 22.3 Å². The third-order valence-electron chi connectivity index (χ3n) is 12.1. The summed E-state index contributed by atoms with van der Waals surface area (Å²) in [6.45, 7) is 9.12. The Labute approximate surface area is 272 Å². The molecule has 0 amide bonds. The third kappa shape index (κ3) is 5.09. The first-order valence-electron chi connectivity index (χ1n) is 17.5. The molecule has 2 atom stereocenters. The number of hydrogen-bond acceptors (Lipinski definition) is 0. The second kappa shape index (κ2) is 11.7. The van der Waals surface area contributed by atoms with Gasteiger partial charge in [0.2, 0.25) is 0 Å². The van der Waals surface area contributed by atoms with E-state index in [0.29, 0.717) is 19.2 Å². The standard InChI is InChI=1S/2C18H17.C6H10.2CH3.Hf/c2*1-13(2)14-9-11-16(12-10-14)18-8-4-6-15-5-3-7-17(15)18;1-2-4-6-5-3-1;;;/h2*3-13H,1-2H3;1-5H2;2*1H3;. The van der Waals surface area contributed by atoms with Gasteiger partial charge in [0.1, 0.15) is 0 Å². The molecule has 0 heterocycles. The van der Waals surface area contributed by atoms with Crippen LogP contribution in [0.1, 0.15) is 112 Å². The fourth-order valence-corrected chi connectivity index (χ4v) is 34.3. The first-order valence-corrected chi connectivity index (χ1v) is 30.7. The average molecular weight is 757 g/mol. The summed E-state index contributed by atoms with van der Waals surface area (Å²) in [7, 11) is 0. The van der Waals surface area contributed by atoms with Gasteiger partial charge in [-0.05, 0) is 0 Å². The number of rotatable bonds is 6. The summed E-state index contributed by atoms with van der Waals surface area (Å²) in [5.74, 6) is 1.10. The zero-order valence-electron chi connectivity index (χ0n) is 28.2. The van der Waals surface area contributed by atoms with Crippen molar-refractivity contribution < 1.29 is 18.0 Å². The first-order chi connectivity index (χ1) is 21.7. The van der Waals surface area contributed by atoms with Crippen molar-refractivity contribution in [1.82, 2.24) is 0 Å². The van der Waals surface area contributed by atoms with Gasteiger partial charge in [0, 0.05) is 0 Å².